The van der Waals surface area contributed by atoms with Gasteiger partial charge in [0.2, 0.25) is 0 Å². The molecule has 3 fully saturated rings. The van der Waals surface area contributed by atoms with E-state index in [2.05, 4.69) is 41.8 Å². The molecular formula is C33H44N2O4. The fourth-order valence-electron chi connectivity index (χ4n) is 7.11. The zero-order valence-corrected chi connectivity index (χ0v) is 24.0. The van der Waals surface area contributed by atoms with Gasteiger partial charge in [-0.05, 0) is 73.9 Å². The molecule has 1 saturated heterocycles. The molecule has 0 aromatic heterocycles. The third kappa shape index (κ3) is 6.16. The van der Waals surface area contributed by atoms with Crippen molar-refractivity contribution in [2.45, 2.75) is 70.4 Å². The second kappa shape index (κ2) is 11.7. The molecule has 1 aliphatic heterocycles. The van der Waals surface area contributed by atoms with E-state index in [-0.39, 0.29) is 35.4 Å². The molecule has 0 spiro atoms. The minimum atomic E-state index is -0.257. The van der Waals surface area contributed by atoms with Crippen molar-refractivity contribution in [3.05, 3.63) is 65.7 Å². The maximum absolute atomic E-state index is 14.0. The first kappa shape index (κ1) is 27.7. The second-order valence-electron chi connectivity index (χ2n) is 12.4. The van der Waals surface area contributed by atoms with E-state index in [1.54, 1.807) is 7.11 Å². The number of methoxy groups -OCH3 is 1. The summed E-state index contributed by atoms with van der Waals surface area (Å²) in [5.41, 5.74) is 1.72. The van der Waals surface area contributed by atoms with Crippen LogP contribution in [0.1, 0.15) is 68.8 Å². The smallest absolute Gasteiger partial charge is 0.302 e. The highest BCUT2D eigenvalue weighted by molar-refractivity contribution is 5.94. The summed E-state index contributed by atoms with van der Waals surface area (Å²) in [6.45, 7) is 9.56. The standard InChI is InChI=1S/C33H44N2O4/c1-23(2)20-35(32(37)26-9-6-5-7-10-26)28-18-31(39-24(3)36)30-22-34(21-25-13-14-25)16-15-33(30,19-28)27-11-8-12-29(17-27)38-4/h5-12,17,23,25,28,30-31H,13-16,18-22H2,1-4H3/t28-,30+,31?,33+/m1/s1. The Morgan fingerprint density at radius 2 is 1.87 bits per heavy atom. The number of fused-ring (bicyclic) bond motifs is 1. The molecule has 5 rings (SSSR count). The lowest BCUT2D eigenvalue weighted by atomic mass is 9.56. The van der Waals surface area contributed by atoms with Crippen molar-refractivity contribution in [2.75, 3.05) is 33.3 Å². The molecule has 0 bridgehead atoms. The second-order valence-corrected chi connectivity index (χ2v) is 12.4. The minimum Gasteiger partial charge on any atom is -0.497 e. The molecule has 1 heterocycles. The largest absolute Gasteiger partial charge is 0.497 e. The Balaban J connectivity index is 1.56. The van der Waals surface area contributed by atoms with Crippen molar-refractivity contribution >= 4 is 11.9 Å². The fraction of sp³-hybridized carbons (Fsp3) is 0.576. The minimum absolute atomic E-state index is 0.0399. The third-order valence-corrected chi connectivity index (χ3v) is 9.05. The van der Waals surface area contributed by atoms with E-state index >= 15 is 0 Å². The first-order valence-corrected chi connectivity index (χ1v) is 14.7. The van der Waals surface area contributed by atoms with Crippen LogP contribution in [0.3, 0.4) is 0 Å². The van der Waals surface area contributed by atoms with Crippen molar-refractivity contribution in [2.24, 2.45) is 17.8 Å². The number of nitrogens with zero attached hydrogens (tertiary/aromatic N) is 2. The summed E-state index contributed by atoms with van der Waals surface area (Å²) in [4.78, 5) is 31.1. The Kier molecular flexibility index (Phi) is 8.32. The average Bonchev–Trinajstić information content (AvgIpc) is 3.75. The van der Waals surface area contributed by atoms with Crippen molar-refractivity contribution in [3.63, 3.8) is 0 Å². The van der Waals surface area contributed by atoms with Crippen molar-refractivity contribution in [1.29, 1.82) is 0 Å². The van der Waals surface area contributed by atoms with Gasteiger partial charge < -0.3 is 19.3 Å². The lowest BCUT2D eigenvalue weighted by Crippen LogP contribution is -2.62. The zero-order valence-electron chi connectivity index (χ0n) is 24.0. The van der Waals surface area contributed by atoms with Gasteiger partial charge in [-0.3, -0.25) is 9.59 Å². The van der Waals surface area contributed by atoms with Gasteiger partial charge in [0, 0.05) is 55.9 Å². The van der Waals surface area contributed by atoms with E-state index in [0.717, 1.165) is 44.1 Å². The highest BCUT2D eigenvalue weighted by Crippen LogP contribution is 2.52. The molecular weight excluding hydrogens is 488 g/mol. The first-order chi connectivity index (χ1) is 18.8. The van der Waals surface area contributed by atoms with Crippen LogP contribution in [0.4, 0.5) is 0 Å². The molecule has 4 atom stereocenters. The maximum atomic E-state index is 14.0. The number of benzene rings is 2. The van der Waals surface area contributed by atoms with E-state index in [1.165, 1.54) is 25.3 Å². The Bertz CT molecular complexity index is 1150. The van der Waals surface area contributed by atoms with Crippen molar-refractivity contribution in [3.8, 4) is 5.75 Å². The van der Waals surface area contributed by atoms with Crippen LogP contribution in [0.15, 0.2) is 54.6 Å². The molecule has 2 saturated carbocycles. The monoisotopic (exact) mass is 532 g/mol. The average molecular weight is 533 g/mol. The molecule has 0 N–H and O–H groups in total. The maximum Gasteiger partial charge on any atom is 0.302 e. The molecule has 3 aliphatic rings. The van der Waals surface area contributed by atoms with E-state index in [0.29, 0.717) is 24.4 Å². The van der Waals surface area contributed by atoms with Gasteiger partial charge in [-0.25, -0.2) is 0 Å². The lowest BCUT2D eigenvalue weighted by molar-refractivity contribution is -0.159. The SMILES string of the molecule is COc1cccc([C@@]23CCN(CC4CC4)C[C@H]2C(OC(C)=O)C[C@@H](N(CC(C)C)C(=O)c2ccccc2)C3)c1. The number of amides is 1. The van der Waals surface area contributed by atoms with Gasteiger partial charge in [0.1, 0.15) is 11.9 Å². The molecule has 2 aromatic rings. The molecule has 2 aromatic carbocycles. The molecule has 39 heavy (non-hydrogen) atoms. The van der Waals surface area contributed by atoms with Gasteiger partial charge in [0.05, 0.1) is 7.11 Å². The Morgan fingerprint density at radius 3 is 2.54 bits per heavy atom. The Morgan fingerprint density at radius 1 is 1.10 bits per heavy atom. The predicted molar refractivity (Wildman–Crippen MR) is 153 cm³/mol. The van der Waals surface area contributed by atoms with E-state index in [1.807, 2.05) is 36.4 Å². The molecule has 2 aliphatic carbocycles. The van der Waals surface area contributed by atoms with Gasteiger partial charge in [0.25, 0.3) is 5.91 Å². The number of carbonyl (C=O) groups excluding carboxylic acids is 2. The van der Waals surface area contributed by atoms with Crippen molar-refractivity contribution < 1.29 is 19.1 Å². The molecule has 1 unspecified atom stereocenters. The summed E-state index contributed by atoms with van der Waals surface area (Å²) in [5.74, 6) is 1.93. The summed E-state index contributed by atoms with van der Waals surface area (Å²) in [6, 6.07) is 18.0. The zero-order chi connectivity index (χ0) is 27.6. The van der Waals surface area contributed by atoms with Gasteiger partial charge in [-0.15, -0.1) is 0 Å². The molecule has 6 nitrogen and oxygen atoms in total. The van der Waals surface area contributed by atoms with Crippen LogP contribution >= 0.6 is 0 Å². The number of likely N-dealkylation sites (tertiary alicyclic amines) is 1. The number of hydrogen-bond donors (Lipinski definition) is 0. The van der Waals surface area contributed by atoms with E-state index < -0.39 is 0 Å². The topological polar surface area (TPSA) is 59.1 Å². The van der Waals surface area contributed by atoms with Crippen LogP contribution in [-0.2, 0) is 14.9 Å². The van der Waals surface area contributed by atoms with Crippen LogP contribution in [0, 0.1) is 17.8 Å². The molecule has 0 radical (unpaired) electrons. The number of esters is 1. The fourth-order valence-corrected chi connectivity index (χ4v) is 7.11. The van der Waals surface area contributed by atoms with Crippen LogP contribution in [0.2, 0.25) is 0 Å². The number of carbonyl (C=O) groups is 2. The van der Waals surface area contributed by atoms with Crippen molar-refractivity contribution in [1.82, 2.24) is 9.80 Å². The Hall–Kier alpha value is -2.86. The van der Waals surface area contributed by atoms with Crippen LogP contribution < -0.4 is 4.74 Å². The van der Waals surface area contributed by atoms with Gasteiger partial charge in [0.15, 0.2) is 0 Å². The van der Waals surface area contributed by atoms with E-state index in [4.69, 9.17) is 9.47 Å². The number of hydrogen-bond acceptors (Lipinski definition) is 5. The molecule has 1 amide bonds. The third-order valence-electron chi connectivity index (χ3n) is 9.05. The van der Waals surface area contributed by atoms with E-state index in [9.17, 15) is 9.59 Å². The van der Waals surface area contributed by atoms with Gasteiger partial charge in [-0.1, -0.05) is 44.2 Å². The number of ether oxygens (including phenoxy) is 2. The highest BCUT2D eigenvalue weighted by atomic mass is 16.5. The summed E-state index contributed by atoms with van der Waals surface area (Å²) in [5, 5.41) is 0. The normalized spacial score (nSPS) is 27.1. The van der Waals surface area contributed by atoms with Gasteiger partial charge >= 0.3 is 5.97 Å². The van der Waals surface area contributed by atoms with Crippen LogP contribution in [0.25, 0.3) is 0 Å². The summed E-state index contributed by atoms with van der Waals surface area (Å²) in [6.07, 6.45) is 4.88. The lowest BCUT2D eigenvalue weighted by Gasteiger charge is -2.57. The molecule has 210 valence electrons. The molecule has 6 heteroatoms. The Labute approximate surface area is 233 Å². The van der Waals surface area contributed by atoms with Crippen LogP contribution in [0.5, 0.6) is 5.75 Å². The quantitative estimate of drug-likeness (QED) is 0.396. The summed E-state index contributed by atoms with van der Waals surface area (Å²) in [7, 11) is 1.71. The van der Waals surface area contributed by atoms with Gasteiger partial charge in [-0.2, -0.15) is 0 Å². The summed E-state index contributed by atoms with van der Waals surface area (Å²) < 4.78 is 11.8. The summed E-state index contributed by atoms with van der Waals surface area (Å²) >= 11 is 0. The number of piperidine rings is 1. The highest BCUT2D eigenvalue weighted by Gasteiger charge is 2.55. The van der Waals surface area contributed by atoms with Crippen LogP contribution in [-0.4, -0.2) is 67.1 Å². The number of rotatable bonds is 9. The first-order valence-electron chi connectivity index (χ1n) is 14.7. The predicted octanol–water partition coefficient (Wildman–Crippen LogP) is 5.56.